The van der Waals surface area contributed by atoms with Crippen molar-refractivity contribution in [2.45, 2.75) is 25.9 Å². The highest BCUT2D eigenvalue weighted by atomic mass is 19.1. The molecule has 1 aliphatic rings. The first kappa shape index (κ1) is 22.6. The third-order valence-electron chi connectivity index (χ3n) is 5.81. The number of hydrogen-bond acceptors (Lipinski definition) is 4. The summed E-state index contributed by atoms with van der Waals surface area (Å²) in [6, 6.07) is 12.8. The number of rotatable bonds is 6. The SMILES string of the molecule is C[C@@H](Cn1c(=O)c(N2CCNCC2=O)cn(Cc2c(F)cccc2F)c1=O)c1ccccc1. The second-order valence-electron chi connectivity index (χ2n) is 8.07. The summed E-state index contributed by atoms with van der Waals surface area (Å²) >= 11 is 0. The topological polar surface area (TPSA) is 76.3 Å². The summed E-state index contributed by atoms with van der Waals surface area (Å²) < 4.78 is 30.7. The van der Waals surface area contributed by atoms with Crippen molar-refractivity contribution in [1.82, 2.24) is 14.5 Å². The van der Waals surface area contributed by atoms with Gasteiger partial charge in [0.1, 0.15) is 17.3 Å². The number of carbonyl (C=O) groups is 1. The lowest BCUT2D eigenvalue weighted by molar-refractivity contribution is -0.118. The molecule has 1 atom stereocenters. The molecule has 1 aliphatic heterocycles. The lowest BCUT2D eigenvalue weighted by atomic mass is 10.0. The summed E-state index contributed by atoms with van der Waals surface area (Å²) in [6.07, 6.45) is 1.23. The number of aromatic nitrogens is 2. The Kier molecular flexibility index (Phi) is 6.50. The summed E-state index contributed by atoms with van der Waals surface area (Å²) in [6.45, 7) is 2.30. The van der Waals surface area contributed by atoms with Crippen LogP contribution in [0.1, 0.15) is 24.0 Å². The highest BCUT2D eigenvalue weighted by molar-refractivity contribution is 5.95. The Morgan fingerprint density at radius 1 is 1.00 bits per heavy atom. The molecular formula is C24H24F2N4O3. The van der Waals surface area contributed by atoms with Crippen LogP contribution < -0.4 is 21.5 Å². The molecule has 9 heteroatoms. The summed E-state index contributed by atoms with van der Waals surface area (Å²) in [7, 11) is 0. The van der Waals surface area contributed by atoms with Crippen LogP contribution >= 0.6 is 0 Å². The van der Waals surface area contributed by atoms with Gasteiger partial charge in [0.15, 0.2) is 0 Å². The predicted molar refractivity (Wildman–Crippen MR) is 121 cm³/mol. The van der Waals surface area contributed by atoms with E-state index in [1.807, 2.05) is 37.3 Å². The van der Waals surface area contributed by atoms with Gasteiger partial charge in [-0.15, -0.1) is 0 Å². The Hall–Kier alpha value is -3.59. The molecule has 4 rings (SSSR count). The molecule has 0 saturated carbocycles. The minimum absolute atomic E-state index is 0.0121. The molecule has 0 aliphatic carbocycles. The van der Waals surface area contributed by atoms with Gasteiger partial charge in [0.05, 0.1) is 13.1 Å². The van der Waals surface area contributed by atoms with Gasteiger partial charge in [0, 0.05) is 31.4 Å². The molecular weight excluding hydrogens is 430 g/mol. The fourth-order valence-electron chi connectivity index (χ4n) is 3.97. The van der Waals surface area contributed by atoms with Gasteiger partial charge in [-0.3, -0.25) is 18.7 Å². The van der Waals surface area contributed by atoms with Crippen LogP contribution in [0.25, 0.3) is 0 Å². The van der Waals surface area contributed by atoms with Crippen LogP contribution in [0.4, 0.5) is 14.5 Å². The Morgan fingerprint density at radius 2 is 1.70 bits per heavy atom. The molecule has 1 amide bonds. The van der Waals surface area contributed by atoms with Crippen LogP contribution in [0.3, 0.4) is 0 Å². The first-order valence-corrected chi connectivity index (χ1v) is 10.7. The van der Waals surface area contributed by atoms with Crippen molar-refractivity contribution in [1.29, 1.82) is 0 Å². The van der Waals surface area contributed by atoms with Crippen LogP contribution in [-0.4, -0.2) is 34.7 Å². The highest BCUT2D eigenvalue weighted by Crippen LogP contribution is 2.18. The maximum absolute atomic E-state index is 14.3. The number of amides is 1. The average molecular weight is 454 g/mol. The number of anilines is 1. The standard InChI is InChI=1S/C24H24F2N4O3/c1-16(17-6-3-2-4-7-17)13-30-23(32)21(29-11-10-27-12-22(29)31)15-28(24(30)33)14-18-19(25)8-5-9-20(18)26/h2-9,15-16,27H,10-14H2,1H3/t16-/m0/s1. The van der Waals surface area contributed by atoms with Crippen molar-refractivity contribution in [3.63, 3.8) is 0 Å². The molecule has 0 spiro atoms. The van der Waals surface area contributed by atoms with E-state index in [0.717, 1.165) is 26.8 Å². The van der Waals surface area contributed by atoms with Crippen molar-refractivity contribution < 1.29 is 13.6 Å². The molecule has 33 heavy (non-hydrogen) atoms. The molecule has 1 N–H and O–H groups in total. The second-order valence-corrected chi connectivity index (χ2v) is 8.07. The highest BCUT2D eigenvalue weighted by Gasteiger charge is 2.25. The summed E-state index contributed by atoms with van der Waals surface area (Å²) in [5, 5.41) is 2.94. The van der Waals surface area contributed by atoms with Crippen LogP contribution in [0.2, 0.25) is 0 Å². The molecule has 0 bridgehead atoms. The first-order valence-electron chi connectivity index (χ1n) is 10.7. The second kappa shape index (κ2) is 9.50. The third kappa shape index (κ3) is 4.63. The molecule has 0 radical (unpaired) electrons. The van der Waals surface area contributed by atoms with Crippen LogP contribution in [0.15, 0.2) is 64.3 Å². The smallest absolute Gasteiger partial charge is 0.307 e. The maximum Gasteiger partial charge on any atom is 0.331 e. The largest absolute Gasteiger partial charge is 0.331 e. The number of nitrogens with zero attached hydrogens (tertiary/aromatic N) is 3. The van der Waals surface area contributed by atoms with E-state index in [1.54, 1.807) is 0 Å². The van der Waals surface area contributed by atoms with Crippen molar-refractivity contribution >= 4 is 11.6 Å². The zero-order valence-electron chi connectivity index (χ0n) is 18.1. The van der Waals surface area contributed by atoms with Gasteiger partial charge in [0.25, 0.3) is 5.56 Å². The Morgan fingerprint density at radius 3 is 2.36 bits per heavy atom. The summed E-state index contributed by atoms with van der Waals surface area (Å²) in [5.74, 6) is -2.10. The van der Waals surface area contributed by atoms with E-state index in [2.05, 4.69) is 5.32 Å². The number of nitrogens with one attached hydrogen (secondary N) is 1. The minimum atomic E-state index is -0.794. The monoisotopic (exact) mass is 454 g/mol. The third-order valence-corrected chi connectivity index (χ3v) is 5.81. The summed E-state index contributed by atoms with van der Waals surface area (Å²) in [4.78, 5) is 40.4. The van der Waals surface area contributed by atoms with Crippen molar-refractivity contribution in [3.8, 4) is 0 Å². The zero-order chi connectivity index (χ0) is 23.5. The van der Waals surface area contributed by atoms with E-state index in [4.69, 9.17) is 0 Å². The van der Waals surface area contributed by atoms with Crippen molar-refractivity contribution in [2.75, 3.05) is 24.5 Å². The van der Waals surface area contributed by atoms with Crippen molar-refractivity contribution in [2.24, 2.45) is 0 Å². The van der Waals surface area contributed by atoms with E-state index >= 15 is 0 Å². The van der Waals surface area contributed by atoms with Gasteiger partial charge in [-0.05, 0) is 23.6 Å². The van der Waals surface area contributed by atoms with Gasteiger partial charge in [-0.2, -0.15) is 0 Å². The summed E-state index contributed by atoms with van der Waals surface area (Å²) in [5.41, 5.74) is -0.657. The normalized spacial score (nSPS) is 15.0. The lowest BCUT2D eigenvalue weighted by Gasteiger charge is -2.28. The number of piperazine rings is 1. The van der Waals surface area contributed by atoms with Gasteiger partial charge in [0.2, 0.25) is 5.91 Å². The number of carbonyl (C=O) groups excluding carboxylic acids is 1. The van der Waals surface area contributed by atoms with Crippen LogP contribution in [-0.2, 0) is 17.9 Å². The Bertz CT molecular complexity index is 1270. The molecule has 1 aromatic heterocycles. The molecule has 2 heterocycles. The fourth-order valence-corrected chi connectivity index (χ4v) is 3.97. The van der Waals surface area contributed by atoms with Gasteiger partial charge in [-0.1, -0.05) is 43.3 Å². The number of halogens is 2. The predicted octanol–water partition coefficient (Wildman–Crippen LogP) is 2.08. The van der Waals surface area contributed by atoms with Crippen LogP contribution in [0.5, 0.6) is 0 Å². The van der Waals surface area contributed by atoms with Gasteiger partial charge >= 0.3 is 5.69 Å². The first-order chi connectivity index (χ1) is 15.9. The molecule has 7 nitrogen and oxygen atoms in total. The quantitative estimate of drug-likeness (QED) is 0.619. The number of hydrogen-bond donors (Lipinski definition) is 1. The number of benzene rings is 2. The van der Waals surface area contributed by atoms with E-state index in [1.165, 1.54) is 17.2 Å². The minimum Gasteiger partial charge on any atom is -0.307 e. The molecule has 172 valence electrons. The molecule has 2 aromatic carbocycles. The van der Waals surface area contributed by atoms with Gasteiger partial charge in [-0.25, -0.2) is 13.6 Å². The van der Waals surface area contributed by atoms with E-state index in [0.29, 0.717) is 6.54 Å². The van der Waals surface area contributed by atoms with Crippen molar-refractivity contribution in [3.05, 3.63) is 98.3 Å². The van der Waals surface area contributed by atoms with Crippen LogP contribution in [0, 0.1) is 11.6 Å². The zero-order valence-corrected chi connectivity index (χ0v) is 18.1. The Balaban J connectivity index is 1.83. The fraction of sp³-hybridized carbons (Fsp3) is 0.292. The molecule has 0 unspecified atom stereocenters. The Labute approximate surface area is 188 Å². The molecule has 3 aromatic rings. The van der Waals surface area contributed by atoms with E-state index in [9.17, 15) is 23.2 Å². The molecule has 1 saturated heterocycles. The van der Waals surface area contributed by atoms with E-state index < -0.39 is 29.4 Å². The average Bonchev–Trinajstić information content (AvgIpc) is 2.81. The van der Waals surface area contributed by atoms with Gasteiger partial charge < -0.3 is 10.2 Å². The molecule has 1 fully saturated rings. The lowest BCUT2D eigenvalue weighted by Crippen LogP contribution is -2.52. The van der Waals surface area contributed by atoms with E-state index in [-0.39, 0.29) is 42.7 Å². The maximum atomic E-state index is 14.3.